The number of aliphatic hydroxyl groups excluding tert-OH is 1. The van der Waals surface area contributed by atoms with Gasteiger partial charge in [-0.3, -0.25) is 14.7 Å². The topological polar surface area (TPSA) is 69.1 Å². The molecule has 1 amide bonds. The molecule has 1 unspecified atom stereocenters. The highest BCUT2D eigenvalue weighted by atomic mass is 19.1. The van der Waals surface area contributed by atoms with Crippen LogP contribution in [-0.2, 0) is 4.79 Å². The lowest BCUT2D eigenvalue weighted by atomic mass is 10.1. The molecule has 2 aromatic carbocycles. The average molecular weight is 451 g/mol. The van der Waals surface area contributed by atoms with E-state index in [4.69, 9.17) is 4.74 Å². The zero-order chi connectivity index (χ0) is 23.1. The van der Waals surface area contributed by atoms with Gasteiger partial charge < -0.3 is 19.6 Å². The summed E-state index contributed by atoms with van der Waals surface area (Å²) in [6, 6.07) is 12.5. The smallest absolute Gasteiger partial charge is 0.264 e. The number of aromatic nitrogens is 1. The largest absolute Gasteiger partial charge is 0.482 e. The van der Waals surface area contributed by atoms with Crippen LogP contribution in [-0.4, -0.2) is 67.3 Å². The van der Waals surface area contributed by atoms with Crippen LogP contribution in [0.25, 0.3) is 10.9 Å². The number of piperazine rings is 1. The van der Waals surface area contributed by atoms with Crippen LogP contribution in [0.15, 0.2) is 42.5 Å². The summed E-state index contributed by atoms with van der Waals surface area (Å²) in [5.74, 6) is 0.288. The number of β-amino-alcohol motifs (C(OH)–C–C–N with tert-alkyl or cyclic N) is 1. The second kappa shape index (κ2) is 8.61. The molecule has 172 valence electrons. The van der Waals surface area contributed by atoms with Crippen LogP contribution in [0.3, 0.4) is 0 Å². The van der Waals surface area contributed by atoms with Crippen molar-refractivity contribution < 1.29 is 19.0 Å². The molecular weight excluding hydrogens is 423 g/mol. The molecule has 3 heterocycles. The van der Waals surface area contributed by atoms with E-state index in [2.05, 4.69) is 14.8 Å². The molecule has 1 atom stereocenters. The Morgan fingerprint density at radius 2 is 1.91 bits per heavy atom. The van der Waals surface area contributed by atoms with Gasteiger partial charge in [-0.2, -0.15) is 0 Å². The first-order chi connectivity index (χ1) is 15.9. The van der Waals surface area contributed by atoms with Crippen LogP contribution in [0.4, 0.5) is 15.8 Å². The van der Waals surface area contributed by atoms with Crippen LogP contribution >= 0.6 is 0 Å². The Morgan fingerprint density at radius 1 is 1.12 bits per heavy atom. The summed E-state index contributed by atoms with van der Waals surface area (Å²) in [5.41, 5.74) is 3.71. The lowest BCUT2D eigenvalue weighted by Crippen LogP contribution is -2.48. The molecule has 7 nitrogen and oxygen atoms in total. The van der Waals surface area contributed by atoms with Crippen LogP contribution in [0, 0.1) is 12.7 Å². The van der Waals surface area contributed by atoms with Crippen molar-refractivity contribution in [3.63, 3.8) is 0 Å². The number of pyridine rings is 1. The third-order valence-electron chi connectivity index (χ3n) is 6.51. The van der Waals surface area contributed by atoms with E-state index in [0.717, 1.165) is 22.2 Å². The van der Waals surface area contributed by atoms with Crippen LogP contribution < -0.4 is 14.5 Å². The standard InChI is InChI=1S/C25H27FN4O3/c1-16-3-5-18-20(27-16)7-6-19(26)25(18)30-11-9-29(10-12-30)14-22(31)17-4-8-23-21(13-17)28(2)24(32)15-33-23/h3-8,13,22,31H,9-12,14-15H2,1-2H3. The fourth-order valence-electron chi connectivity index (χ4n) is 4.59. The molecule has 33 heavy (non-hydrogen) atoms. The highest BCUT2D eigenvalue weighted by molar-refractivity contribution is 5.97. The number of aliphatic hydroxyl groups is 1. The van der Waals surface area contributed by atoms with Gasteiger partial charge in [-0.15, -0.1) is 0 Å². The number of halogens is 1. The summed E-state index contributed by atoms with van der Waals surface area (Å²) in [6.45, 7) is 5.15. The number of amides is 1. The Morgan fingerprint density at radius 3 is 2.70 bits per heavy atom. The van der Waals surface area contributed by atoms with Crippen molar-refractivity contribution in [1.82, 2.24) is 9.88 Å². The van der Waals surface area contributed by atoms with E-state index in [0.29, 0.717) is 49.8 Å². The Bertz CT molecular complexity index is 1210. The molecule has 0 spiro atoms. The predicted octanol–water partition coefficient (Wildman–Crippen LogP) is 2.89. The summed E-state index contributed by atoms with van der Waals surface area (Å²) in [6.07, 6.45) is -0.700. The Balaban J connectivity index is 1.27. The number of fused-ring (bicyclic) bond motifs is 2. The summed E-state index contributed by atoms with van der Waals surface area (Å²) >= 11 is 0. The Kier molecular flexibility index (Phi) is 5.64. The quantitative estimate of drug-likeness (QED) is 0.659. The number of likely N-dealkylation sites (N-methyl/N-ethyl adjacent to an activating group) is 1. The van der Waals surface area contributed by atoms with Crippen molar-refractivity contribution >= 4 is 28.2 Å². The first-order valence-electron chi connectivity index (χ1n) is 11.2. The minimum Gasteiger partial charge on any atom is -0.482 e. The third kappa shape index (κ3) is 4.12. The van der Waals surface area contributed by atoms with E-state index in [1.165, 1.54) is 6.07 Å². The Labute approximate surface area is 192 Å². The van der Waals surface area contributed by atoms with E-state index in [-0.39, 0.29) is 18.3 Å². The van der Waals surface area contributed by atoms with E-state index >= 15 is 0 Å². The molecule has 3 aromatic rings. The number of nitrogens with zero attached hydrogens (tertiary/aromatic N) is 4. The van der Waals surface area contributed by atoms with Crippen molar-refractivity contribution in [3.05, 3.63) is 59.5 Å². The summed E-state index contributed by atoms with van der Waals surface area (Å²) < 4.78 is 20.2. The van der Waals surface area contributed by atoms with Gasteiger partial charge in [0, 0.05) is 50.9 Å². The van der Waals surface area contributed by atoms with E-state index < -0.39 is 6.10 Å². The Hall–Kier alpha value is -3.23. The number of aryl methyl sites for hydroxylation is 1. The summed E-state index contributed by atoms with van der Waals surface area (Å²) in [7, 11) is 1.71. The van der Waals surface area contributed by atoms with Gasteiger partial charge in [0.25, 0.3) is 5.91 Å². The van der Waals surface area contributed by atoms with Crippen molar-refractivity contribution in [2.24, 2.45) is 0 Å². The van der Waals surface area contributed by atoms with Gasteiger partial charge >= 0.3 is 0 Å². The van der Waals surface area contributed by atoms with E-state index in [1.807, 2.05) is 31.2 Å². The maximum absolute atomic E-state index is 14.8. The lowest BCUT2D eigenvalue weighted by Gasteiger charge is -2.37. The van der Waals surface area contributed by atoms with Crippen LogP contribution in [0.2, 0.25) is 0 Å². The maximum Gasteiger partial charge on any atom is 0.264 e. The number of carbonyl (C=O) groups is 1. The highest BCUT2D eigenvalue weighted by Gasteiger charge is 2.26. The molecule has 1 aromatic heterocycles. The van der Waals surface area contributed by atoms with Gasteiger partial charge in [0.1, 0.15) is 11.6 Å². The molecule has 0 bridgehead atoms. The van der Waals surface area contributed by atoms with Crippen molar-refractivity contribution in [2.45, 2.75) is 13.0 Å². The van der Waals surface area contributed by atoms with E-state index in [1.54, 1.807) is 24.1 Å². The zero-order valence-electron chi connectivity index (χ0n) is 18.8. The molecule has 0 aliphatic carbocycles. The third-order valence-corrected chi connectivity index (χ3v) is 6.51. The van der Waals surface area contributed by atoms with Crippen molar-refractivity contribution in [2.75, 3.05) is 56.2 Å². The number of benzene rings is 2. The van der Waals surface area contributed by atoms with Gasteiger partial charge in [0.05, 0.1) is 23.0 Å². The van der Waals surface area contributed by atoms with Crippen molar-refractivity contribution in [3.8, 4) is 5.75 Å². The zero-order valence-corrected chi connectivity index (χ0v) is 18.8. The monoisotopic (exact) mass is 450 g/mol. The SMILES string of the molecule is Cc1ccc2c(N3CCN(CC(O)c4ccc5c(c4)N(C)C(=O)CO5)CC3)c(F)ccc2n1. The fourth-order valence-corrected chi connectivity index (χ4v) is 4.59. The van der Waals surface area contributed by atoms with Gasteiger partial charge in [-0.25, -0.2) is 4.39 Å². The number of ether oxygens (including phenoxy) is 1. The average Bonchev–Trinajstić information content (AvgIpc) is 2.82. The summed E-state index contributed by atoms with van der Waals surface area (Å²) in [4.78, 5) is 22.3. The van der Waals surface area contributed by atoms with Gasteiger partial charge in [0.15, 0.2) is 6.61 Å². The molecule has 2 aliphatic rings. The van der Waals surface area contributed by atoms with Crippen LogP contribution in [0.1, 0.15) is 17.4 Å². The normalized spacial score (nSPS) is 17.8. The number of carbonyl (C=O) groups excluding carboxylic acids is 1. The number of anilines is 2. The van der Waals surface area contributed by atoms with Crippen molar-refractivity contribution in [1.29, 1.82) is 0 Å². The highest BCUT2D eigenvalue weighted by Crippen LogP contribution is 2.34. The molecule has 5 rings (SSSR count). The lowest BCUT2D eigenvalue weighted by molar-refractivity contribution is -0.120. The van der Waals surface area contributed by atoms with E-state index in [9.17, 15) is 14.3 Å². The minimum absolute atomic E-state index is 0.0304. The molecule has 1 fully saturated rings. The van der Waals surface area contributed by atoms with Gasteiger partial charge in [-0.1, -0.05) is 6.07 Å². The number of rotatable bonds is 4. The first kappa shape index (κ1) is 21.6. The number of hydrogen-bond acceptors (Lipinski definition) is 6. The second-order valence-electron chi connectivity index (χ2n) is 8.69. The van der Waals surface area contributed by atoms with Gasteiger partial charge in [-0.05, 0) is 48.9 Å². The molecule has 1 N–H and O–H groups in total. The summed E-state index contributed by atoms with van der Waals surface area (Å²) in [5, 5.41) is 11.7. The minimum atomic E-state index is -0.700. The molecule has 1 saturated heterocycles. The molecule has 0 saturated carbocycles. The van der Waals surface area contributed by atoms with Crippen LogP contribution in [0.5, 0.6) is 5.75 Å². The predicted molar refractivity (Wildman–Crippen MR) is 125 cm³/mol. The molecule has 0 radical (unpaired) electrons. The molecule has 8 heteroatoms. The fraction of sp³-hybridized carbons (Fsp3) is 0.360. The van der Waals surface area contributed by atoms with Gasteiger partial charge in [0.2, 0.25) is 0 Å². The number of hydrogen-bond donors (Lipinski definition) is 1. The maximum atomic E-state index is 14.8. The molecular formula is C25H27FN4O3. The second-order valence-corrected chi connectivity index (χ2v) is 8.69. The molecule has 2 aliphatic heterocycles. The first-order valence-corrected chi connectivity index (χ1v) is 11.2.